The number of hydrogen-bond donors (Lipinski definition) is 0. The molecule has 2 aromatic rings. The first-order valence-corrected chi connectivity index (χ1v) is 7.14. The van der Waals surface area contributed by atoms with Crippen molar-refractivity contribution in [2.24, 2.45) is 5.10 Å². The molecule has 0 saturated heterocycles. The number of rotatable bonds is 6. The molecule has 0 fully saturated rings. The second kappa shape index (κ2) is 8.17. The number of alkyl halides is 3. The van der Waals surface area contributed by atoms with Gasteiger partial charge >= 0.3 is 6.18 Å². The highest BCUT2D eigenvalue weighted by Crippen LogP contribution is 2.15. The van der Waals surface area contributed by atoms with Crippen LogP contribution in [0.5, 0.6) is 0 Å². The molecule has 2 rings (SSSR count). The van der Waals surface area contributed by atoms with Gasteiger partial charge in [0.2, 0.25) is 0 Å². The lowest BCUT2D eigenvalue weighted by Crippen LogP contribution is -2.16. The second-order valence-corrected chi connectivity index (χ2v) is 4.96. The minimum absolute atomic E-state index is 0.166. The monoisotopic (exact) mass is 318 g/mol. The third-order valence-electron chi connectivity index (χ3n) is 3.02. The van der Waals surface area contributed by atoms with Gasteiger partial charge in [0.05, 0.1) is 13.1 Å². The molecular formula is C18H17F3N2. The van der Waals surface area contributed by atoms with Crippen LogP contribution in [-0.2, 0) is 13.1 Å². The highest BCUT2D eigenvalue weighted by Gasteiger charge is 2.21. The van der Waals surface area contributed by atoms with E-state index in [1.54, 1.807) is 5.01 Å². The molecule has 0 amide bonds. The molecule has 0 spiro atoms. The molecule has 0 aliphatic rings. The van der Waals surface area contributed by atoms with Gasteiger partial charge in [-0.1, -0.05) is 60.7 Å². The fraction of sp³-hybridized carbons (Fsp3) is 0.167. The zero-order valence-electron chi connectivity index (χ0n) is 12.4. The van der Waals surface area contributed by atoms with Crippen LogP contribution in [-0.4, -0.2) is 17.4 Å². The van der Waals surface area contributed by atoms with E-state index < -0.39 is 6.18 Å². The Morgan fingerprint density at radius 2 is 1.30 bits per heavy atom. The van der Waals surface area contributed by atoms with Crippen LogP contribution >= 0.6 is 0 Å². The van der Waals surface area contributed by atoms with Crippen LogP contribution in [0, 0.1) is 0 Å². The molecule has 0 aromatic heterocycles. The van der Waals surface area contributed by atoms with Gasteiger partial charge in [0.15, 0.2) is 0 Å². The molecule has 0 unspecified atom stereocenters. The van der Waals surface area contributed by atoms with Gasteiger partial charge in [0.1, 0.15) is 0 Å². The van der Waals surface area contributed by atoms with Crippen LogP contribution in [0.25, 0.3) is 0 Å². The Bertz CT molecular complexity index is 593. The van der Waals surface area contributed by atoms with E-state index in [1.807, 2.05) is 60.7 Å². The first-order valence-electron chi connectivity index (χ1n) is 7.14. The topological polar surface area (TPSA) is 15.6 Å². The van der Waals surface area contributed by atoms with Gasteiger partial charge in [-0.2, -0.15) is 18.3 Å². The van der Waals surface area contributed by atoms with Crippen LogP contribution in [0.1, 0.15) is 11.1 Å². The molecule has 0 aliphatic heterocycles. The van der Waals surface area contributed by atoms with Gasteiger partial charge in [-0.25, -0.2) is 0 Å². The van der Waals surface area contributed by atoms with Crippen molar-refractivity contribution in [2.45, 2.75) is 19.3 Å². The summed E-state index contributed by atoms with van der Waals surface area (Å²) in [4.78, 5) is 0. The Labute approximate surface area is 133 Å². The summed E-state index contributed by atoms with van der Waals surface area (Å²) in [6.45, 7) is 1.04. The van der Waals surface area contributed by atoms with Gasteiger partial charge in [-0.3, -0.25) is 5.01 Å². The van der Waals surface area contributed by atoms with E-state index >= 15 is 0 Å². The number of halogens is 3. The molecular weight excluding hydrogens is 301 g/mol. The SMILES string of the molecule is FC(F)(F)/C=C/C=N/N(Cc1ccccc1)Cc1ccccc1. The van der Waals surface area contributed by atoms with Crippen LogP contribution in [0.3, 0.4) is 0 Å². The number of hydrazone groups is 1. The molecule has 0 atom stereocenters. The van der Waals surface area contributed by atoms with Gasteiger partial charge in [-0.15, -0.1) is 0 Å². The third kappa shape index (κ3) is 6.82. The van der Waals surface area contributed by atoms with E-state index in [-0.39, 0.29) is 6.08 Å². The van der Waals surface area contributed by atoms with Crippen LogP contribution < -0.4 is 0 Å². The molecule has 0 saturated carbocycles. The Morgan fingerprint density at radius 1 is 0.826 bits per heavy atom. The minimum atomic E-state index is -4.32. The van der Waals surface area contributed by atoms with Crippen LogP contribution in [0.15, 0.2) is 77.9 Å². The maximum absolute atomic E-state index is 12.1. The van der Waals surface area contributed by atoms with Crippen molar-refractivity contribution in [1.29, 1.82) is 0 Å². The Morgan fingerprint density at radius 3 is 1.74 bits per heavy atom. The van der Waals surface area contributed by atoms with Gasteiger partial charge in [-0.05, 0) is 17.2 Å². The van der Waals surface area contributed by atoms with Crippen molar-refractivity contribution in [3.8, 4) is 0 Å². The lowest BCUT2D eigenvalue weighted by atomic mass is 10.2. The lowest BCUT2D eigenvalue weighted by molar-refractivity contribution is -0.0797. The predicted octanol–water partition coefficient (Wildman–Crippen LogP) is 4.79. The first kappa shape index (κ1) is 16.8. The quantitative estimate of drug-likeness (QED) is 0.552. The van der Waals surface area contributed by atoms with Crippen molar-refractivity contribution < 1.29 is 13.2 Å². The van der Waals surface area contributed by atoms with E-state index in [9.17, 15) is 13.2 Å². The fourth-order valence-corrected chi connectivity index (χ4v) is 2.01. The van der Waals surface area contributed by atoms with Crippen molar-refractivity contribution in [3.05, 3.63) is 83.9 Å². The van der Waals surface area contributed by atoms with E-state index in [4.69, 9.17) is 0 Å². The van der Waals surface area contributed by atoms with E-state index in [1.165, 1.54) is 6.21 Å². The molecule has 0 bridgehead atoms. The molecule has 2 aromatic carbocycles. The van der Waals surface area contributed by atoms with E-state index in [0.29, 0.717) is 13.1 Å². The second-order valence-electron chi connectivity index (χ2n) is 4.96. The van der Waals surface area contributed by atoms with Crippen LogP contribution in [0.2, 0.25) is 0 Å². The number of hydrogen-bond acceptors (Lipinski definition) is 2. The largest absolute Gasteiger partial charge is 0.409 e. The van der Waals surface area contributed by atoms with Crippen molar-refractivity contribution in [3.63, 3.8) is 0 Å². The zero-order valence-corrected chi connectivity index (χ0v) is 12.4. The molecule has 0 radical (unpaired) electrons. The maximum Gasteiger partial charge on any atom is 0.409 e. The Balaban J connectivity index is 2.07. The molecule has 2 nitrogen and oxygen atoms in total. The smallest absolute Gasteiger partial charge is 0.288 e. The number of allylic oxidation sites excluding steroid dienone is 2. The Hall–Kier alpha value is -2.56. The molecule has 23 heavy (non-hydrogen) atoms. The predicted molar refractivity (Wildman–Crippen MR) is 85.8 cm³/mol. The summed E-state index contributed by atoms with van der Waals surface area (Å²) in [5.41, 5.74) is 2.08. The highest BCUT2D eigenvalue weighted by molar-refractivity contribution is 5.70. The number of nitrogens with zero attached hydrogens (tertiary/aromatic N) is 2. The molecule has 0 heterocycles. The Kier molecular flexibility index (Phi) is 5.97. The summed E-state index contributed by atoms with van der Waals surface area (Å²) in [5.74, 6) is 0. The van der Waals surface area contributed by atoms with Crippen molar-refractivity contribution >= 4 is 6.21 Å². The van der Waals surface area contributed by atoms with Crippen molar-refractivity contribution in [1.82, 2.24) is 5.01 Å². The fourth-order valence-electron chi connectivity index (χ4n) is 2.01. The van der Waals surface area contributed by atoms with Gasteiger partial charge < -0.3 is 0 Å². The normalized spacial score (nSPS) is 12.1. The zero-order chi connectivity index (χ0) is 16.5. The van der Waals surface area contributed by atoms with E-state index in [0.717, 1.165) is 17.2 Å². The summed E-state index contributed by atoms with van der Waals surface area (Å²) < 4.78 is 36.3. The van der Waals surface area contributed by atoms with Gasteiger partial charge in [0, 0.05) is 12.3 Å². The molecule has 0 N–H and O–H groups in total. The lowest BCUT2D eigenvalue weighted by Gasteiger charge is -2.19. The maximum atomic E-state index is 12.1. The standard InChI is InChI=1S/C18H17F3N2/c19-18(20,21)12-7-13-22-23(14-16-8-3-1-4-9-16)15-17-10-5-2-6-11-17/h1-13H,14-15H2/b12-7+,22-13+. The first-order chi connectivity index (χ1) is 11.0. The average molecular weight is 318 g/mol. The summed E-state index contributed by atoms with van der Waals surface area (Å²) in [5, 5.41) is 5.87. The number of benzene rings is 2. The molecule has 120 valence electrons. The van der Waals surface area contributed by atoms with Crippen molar-refractivity contribution in [2.75, 3.05) is 0 Å². The summed E-state index contributed by atoms with van der Waals surface area (Å²) >= 11 is 0. The summed E-state index contributed by atoms with van der Waals surface area (Å²) in [6.07, 6.45) is -2.09. The minimum Gasteiger partial charge on any atom is -0.288 e. The molecule has 5 heteroatoms. The third-order valence-corrected chi connectivity index (χ3v) is 3.02. The van der Waals surface area contributed by atoms with E-state index in [2.05, 4.69) is 5.10 Å². The molecule has 0 aliphatic carbocycles. The average Bonchev–Trinajstić information content (AvgIpc) is 2.52. The van der Waals surface area contributed by atoms with Crippen LogP contribution in [0.4, 0.5) is 13.2 Å². The summed E-state index contributed by atoms with van der Waals surface area (Å²) in [6, 6.07) is 19.3. The van der Waals surface area contributed by atoms with Gasteiger partial charge in [0.25, 0.3) is 0 Å². The summed E-state index contributed by atoms with van der Waals surface area (Å²) in [7, 11) is 0. The highest BCUT2D eigenvalue weighted by atomic mass is 19.4.